The monoisotopic (exact) mass is 380 g/mol. The van der Waals surface area contributed by atoms with Gasteiger partial charge >= 0.3 is 0 Å². The number of halogens is 2. The fourth-order valence-electron chi connectivity index (χ4n) is 3.04. The number of ether oxygens (including phenoxy) is 2. The molecule has 7 heteroatoms. The van der Waals surface area contributed by atoms with Gasteiger partial charge in [-0.1, -0.05) is 13.8 Å². The molecule has 0 unspecified atom stereocenters. The van der Waals surface area contributed by atoms with E-state index in [1.165, 1.54) is 0 Å². The quantitative estimate of drug-likeness (QED) is 0.792. The molecule has 2 N–H and O–H groups in total. The summed E-state index contributed by atoms with van der Waals surface area (Å²) in [5, 5.41) is 13.5. The van der Waals surface area contributed by atoms with Crippen LogP contribution >= 0.6 is 24.8 Å². The van der Waals surface area contributed by atoms with Crippen molar-refractivity contribution < 1.29 is 14.6 Å². The van der Waals surface area contributed by atoms with E-state index in [9.17, 15) is 5.11 Å². The Labute approximate surface area is 157 Å². The lowest BCUT2D eigenvalue weighted by Crippen LogP contribution is -2.45. The van der Waals surface area contributed by atoms with Crippen molar-refractivity contribution in [3.8, 4) is 17.2 Å². The molecule has 1 heterocycles. The van der Waals surface area contributed by atoms with Crippen molar-refractivity contribution in [2.45, 2.75) is 26.3 Å². The van der Waals surface area contributed by atoms with E-state index in [2.05, 4.69) is 24.1 Å². The number of hydrogen-bond acceptors (Lipinski definition) is 5. The van der Waals surface area contributed by atoms with Gasteiger partial charge in [-0.3, -0.25) is 4.90 Å². The first-order valence-corrected chi connectivity index (χ1v) is 7.96. The molecule has 0 bridgehead atoms. The van der Waals surface area contributed by atoms with Crippen LogP contribution in [0.2, 0.25) is 0 Å². The first-order valence-electron chi connectivity index (χ1n) is 7.96. The zero-order chi connectivity index (χ0) is 16.1. The summed E-state index contributed by atoms with van der Waals surface area (Å²) in [6, 6.07) is 4.19. The Morgan fingerprint density at radius 1 is 1.08 bits per heavy atom. The van der Waals surface area contributed by atoms with Crippen LogP contribution < -0.4 is 14.8 Å². The molecule has 1 atom stereocenters. The van der Waals surface area contributed by atoms with Gasteiger partial charge in [0.1, 0.15) is 0 Å². The van der Waals surface area contributed by atoms with E-state index in [4.69, 9.17) is 9.47 Å². The number of aromatic hydroxyl groups is 1. The molecular formula is C17H30Cl2N2O3. The summed E-state index contributed by atoms with van der Waals surface area (Å²) in [6.07, 6.45) is 1.07. The predicted molar refractivity (Wildman–Crippen MR) is 102 cm³/mol. The molecule has 1 aliphatic rings. The Bertz CT molecular complexity index is 470. The van der Waals surface area contributed by atoms with E-state index < -0.39 is 0 Å². The van der Waals surface area contributed by atoms with Gasteiger partial charge in [-0.15, -0.1) is 24.8 Å². The van der Waals surface area contributed by atoms with Gasteiger partial charge in [-0.25, -0.2) is 0 Å². The minimum atomic E-state index is 0. The van der Waals surface area contributed by atoms with Gasteiger partial charge in [0.05, 0.1) is 14.2 Å². The maximum atomic E-state index is 10.1. The minimum Gasteiger partial charge on any atom is -0.502 e. The summed E-state index contributed by atoms with van der Waals surface area (Å²) in [7, 11) is 3.14. The Balaban J connectivity index is 0.00000264. The minimum absolute atomic E-state index is 0. The largest absolute Gasteiger partial charge is 0.502 e. The maximum absolute atomic E-state index is 10.1. The highest BCUT2D eigenvalue weighted by molar-refractivity contribution is 5.85. The van der Waals surface area contributed by atoms with Crippen LogP contribution in [0.4, 0.5) is 0 Å². The molecule has 1 saturated heterocycles. The third kappa shape index (κ3) is 5.59. The summed E-state index contributed by atoms with van der Waals surface area (Å²) in [4.78, 5) is 2.50. The third-order valence-corrected chi connectivity index (χ3v) is 4.17. The van der Waals surface area contributed by atoms with Crippen molar-refractivity contribution in [1.29, 1.82) is 0 Å². The van der Waals surface area contributed by atoms with Crippen LogP contribution in [-0.2, 0) is 0 Å². The molecule has 140 valence electrons. The van der Waals surface area contributed by atoms with Gasteiger partial charge in [0.25, 0.3) is 0 Å². The molecule has 1 aromatic rings. The van der Waals surface area contributed by atoms with E-state index in [-0.39, 0.29) is 30.6 Å². The van der Waals surface area contributed by atoms with Crippen LogP contribution in [-0.4, -0.2) is 50.4 Å². The van der Waals surface area contributed by atoms with Gasteiger partial charge in [-0.05, 0) is 30.0 Å². The molecule has 0 saturated carbocycles. The van der Waals surface area contributed by atoms with Crippen molar-refractivity contribution in [3.63, 3.8) is 0 Å². The lowest BCUT2D eigenvalue weighted by molar-refractivity contribution is 0.153. The number of rotatable bonds is 6. The van der Waals surface area contributed by atoms with Gasteiger partial charge in [-0.2, -0.15) is 0 Å². The van der Waals surface area contributed by atoms with E-state index in [0.717, 1.165) is 38.2 Å². The normalized spacial score (nSPS) is 16.0. The van der Waals surface area contributed by atoms with Crippen LogP contribution in [0.5, 0.6) is 17.2 Å². The van der Waals surface area contributed by atoms with Gasteiger partial charge in [0.2, 0.25) is 5.75 Å². The molecule has 0 spiro atoms. The Morgan fingerprint density at radius 3 is 2.00 bits per heavy atom. The average Bonchev–Trinajstić information content (AvgIpc) is 2.53. The summed E-state index contributed by atoms with van der Waals surface area (Å²) in [5.41, 5.74) is 1.14. The molecule has 0 aliphatic carbocycles. The van der Waals surface area contributed by atoms with Gasteiger partial charge in [0, 0.05) is 32.2 Å². The molecule has 2 rings (SSSR count). The summed E-state index contributed by atoms with van der Waals surface area (Å²) in [6.45, 7) is 8.57. The van der Waals surface area contributed by atoms with Crippen molar-refractivity contribution in [1.82, 2.24) is 10.2 Å². The smallest absolute Gasteiger partial charge is 0.200 e. The second-order valence-electron chi connectivity index (χ2n) is 6.21. The van der Waals surface area contributed by atoms with E-state index in [1.807, 2.05) is 12.1 Å². The highest BCUT2D eigenvalue weighted by Crippen LogP contribution is 2.41. The molecule has 5 nitrogen and oxygen atoms in total. The van der Waals surface area contributed by atoms with Crippen molar-refractivity contribution >= 4 is 24.8 Å². The number of piperazine rings is 1. The predicted octanol–water partition coefficient (Wildman–Crippen LogP) is 3.25. The van der Waals surface area contributed by atoms with Crippen LogP contribution in [0.1, 0.15) is 31.9 Å². The van der Waals surface area contributed by atoms with E-state index in [1.54, 1.807) is 14.2 Å². The Kier molecular flexibility index (Phi) is 10.5. The second-order valence-corrected chi connectivity index (χ2v) is 6.21. The summed E-state index contributed by atoms with van der Waals surface area (Å²) < 4.78 is 10.6. The highest BCUT2D eigenvalue weighted by atomic mass is 35.5. The van der Waals surface area contributed by atoms with Gasteiger partial charge in [0.15, 0.2) is 11.5 Å². The Morgan fingerprint density at radius 2 is 1.58 bits per heavy atom. The zero-order valence-corrected chi connectivity index (χ0v) is 16.5. The lowest BCUT2D eigenvalue weighted by Gasteiger charge is -2.36. The number of hydrogen-bond donors (Lipinski definition) is 2. The lowest BCUT2D eigenvalue weighted by atomic mass is 9.94. The second kappa shape index (κ2) is 10.9. The van der Waals surface area contributed by atoms with Crippen molar-refractivity contribution in [2.75, 3.05) is 40.4 Å². The number of nitrogens with one attached hydrogen (secondary N) is 1. The standard InChI is InChI=1S/C17H28N2O3.2ClH/c1-12(2)9-14(19-7-5-18-6-8-19)13-10-15(21-3)17(20)16(11-13)22-4;;/h10-12,14,18,20H,5-9H2,1-4H3;2*1H/t14-;;/m1../s1. The van der Waals surface area contributed by atoms with E-state index in [0.29, 0.717) is 23.5 Å². The molecule has 0 aromatic heterocycles. The molecular weight excluding hydrogens is 351 g/mol. The topological polar surface area (TPSA) is 54.0 Å². The van der Waals surface area contributed by atoms with Gasteiger partial charge < -0.3 is 19.9 Å². The first kappa shape index (κ1) is 23.1. The number of phenols is 1. The number of phenolic OH excluding ortho intramolecular Hbond substituents is 1. The zero-order valence-electron chi connectivity index (χ0n) is 14.9. The summed E-state index contributed by atoms with van der Waals surface area (Å²) in [5.74, 6) is 1.60. The van der Waals surface area contributed by atoms with Crippen LogP contribution in [0, 0.1) is 5.92 Å². The fraction of sp³-hybridized carbons (Fsp3) is 0.647. The highest BCUT2D eigenvalue weighted by Gasteiger charge is 2.25. The van der Waals surface area contributed by atoms with E-state index >= 15 is 0 Å². The Hall–Kier alpha value is -0.880. The van der Waals surface area contributed by atoms with Crippen molar-refractivity contribution in [3.05, 3.63) is 17.7 Å². The number of nitrogens with zero attached hydrogens (tertiary/aromatic N) is 1. The SMILES string of the molecule is COc1cc([C@@H](CC(C)C)N2CCNCC2)cc(OC)c1O.Cl.Cl. The molecule has 1 fully saturated rings. The van der Waals surface area contributed by atoms with Crippen LogP contribution in [0.25, 0.3) is 0 Å². The average molecular weight is 381 g/mol. The third-order valence-electron chi connectivity index (χ3n) is 4.17. The number of methoxy groups -OCH3 is 2. The molecule has 1 aliphatic heterocycles. The molecule has 1 aromatic carbocycles. The first-order chi connectivity index (χ1) is 10.6. The maximum Gasteiger partial charge on any atom is 0.200 e. The molecule has 0 amide bonds. The molecule has 24 heavy (non-hydrogen) atoms. The number of benzene rings is 1. The van der Waals surface area contributed by atoms with Crippen molar-refractivity contribution in [2.24, 2.45) is 5.92 Å². The molecule has 0 radical (unpaired) electrons. The fourth-order valence-corrected chi connectivity index (χ4v) is 3.04. The summed E-state index contributed by atoms with van der Waals surface area (Å²) >= 11 is 0. The van der Waals surface area contributed by atoms with Crippen LogP contribution in [0.3, 0.4) is 0 Å². The van der Waals surface area contributed by atoms with Crippen LogP contribution in [0.15, 0.2) is 12.1 Å².